The molecule has 0 unspecified atom stereocenters. The number of anilines is 2. The summed E-state index contributed by atoms with van der Waals surface area (Å²) in [5.41, 5.74) is 1.85. The Kier molecular flexibility index (Phi) is 6.31. The topological polar surface area (TPSA) is 78.5 Å². The Morgan fingerprint density at radius 1 is 1.07 bits per heavy atom. The van der Waals surface area contributed by atoms with Gasteiger partial charge in [0.05, 0.1) is 11.4 Å². The average Bonchev–Trinajstić information content (AvgIpc) is 2.70. The standard InChI is InChI=1S/C20H24FN3O3S/c1-15-5-10-18(28(26,27)24-11-3-2-4-12-24)13-19(15)23-20(25)14-22-17-8-6-16(21)7-9-17/h5-10,13,22H,2-4,11-12,14H2,1H3,(H,23,25). The van der Waals surface area contributed by atoms with Crippen LogP contribution in [0, 0.1) is 12.7 Å². The molecule has 0 bridgehead atoms. The third-order valence-electron chi connectivity index (χ3n) is 4.73. The van der Waals surface area contributed by atoms with E-state index in [1.54, 1.807) is 31.2 Å². The zero-order valence-electron chi connectivity index (χ0n) is 15.7. The lowest BCUT2D eigenvalue weighted by Crippen LogP contribution is -2.35. The van der Waals surface area contributed by atoms with Crippen LogP contribution in [0.1, 0.15) is 24.8 Å². The van der Waals surface area contributed by atoms with Gasteiger partial charge in [0.2, 0.25) is 15.9 Å². The van der Waals surface area contributed by atoms with Gasteiger partial charge >= 0.3 is 0 Å². The molecule has 3 rings (SSSR count). The normalized spacial score (nSPS) is 15.2. The smallest absolute Gasteiger partial charge is 0.243 e. The van der Waals surface area contributed by atoms with Crippen molar-refractivity contribution in [2.45, 2.75) is 31.1 Å². The van der Waals surface area contributed by atoms with E-state index in [0.29, 0.717) is 24.5 Å². The van der Waals surface area contributed by atoms with Crippen LogP contribution in [-0.2, 0) is 14.8 Å². The van der Waals surface area contributed by atoms with E-state index in [-0.39, 0.29) is 23.2 Å². The minimum absolute atomic E-state index is 0.0197. The second-order valence-electron chi connectivity index (χ2n) is 6.85. The summed E-state index contributed by atoms with van der Waals surface area (Å²) < 4.78 is 40.1. The molecule has 150 valence electrons. The number of carbonyl (C=O) groups is 1. The minimum atomic E-state index is -3.57. The maximum atomic E-state index is 12.9. The number of nitrogens with one attached hydrogen (secondary N) is 2. The lowest BCUT2D eigenvalue weighted by molar-refractivity contribution is -0.114. The number of piperidine rings is 1. The zero-order chi connectivity index (χ0) is 20.1. The van der Waals surface area contributed by atoms with Crippen molar-refractivity contribution >= 4 is 27.3 Å². The molecule has 2 aromatic carbocycles. The first-order chi connectivity index (χ1) is 13.4. The summed E-state index contributed by atoms with van der Waals surface area (Å²) in [6.07, 6.45) is 2.77. The van der Waals surface area contributed by atoms with Crippen molar-refractivity contribution in [3.8, 4) is 0 Å². The van der Waals surface area contributed by atoms with Crippen LogP contribution in [0.2, 0.25) is 0 Å². The molecule has 1 aliphatic heterocycles. The monoisotopic (exact) mass is 405 g/mol. The number of hydrogen-bond acceptors (Lipinski definition) is 4. The molecule has 2 N–H and O–H groups in total. The van der Waals surface area contributed by atoms with Crippen molar-refractivity contribution in [3.63, 3.8) is 0 Å². The number of sulfonamides is 1. The molecule has 1 fully saturated rings. The lowest BCUT2D eigenvalue weighted by Gasteiger charge is -2.26. The van der Waals surface area contributed by atoms with Crippen molar-refractivity contribution in [3.05, 3.63) is 53.8 Å². The van der Waals surface area contributed by atoms with Gasteiger partial charge in [0.15, 0.2) is 0 Å². The number of carbonyl (C=O) groups excluding carboxylic acids is 1. The first kappa shape index (κ1) is 20.3. The van der Waals surface area contributed by atoms with Crippen LogP contribution >= 0.6 is 0 Å². The Balaban J connectivity index is 1.68. The molecule has 0 atom stereocenters. The fourth-order valence-corrected chi connectivity index (χ4v) is 4.64. The number of amides is 1. The van der Waals surface area contributed by atoms with Crippen LogP contribution in [0.3, 0.4) is 0 Å². The Morgan fingerprint density at radius 2 is 1.75 bits per heavy atom. The van der Waals surface area contributed by atoms with E-state index in [9.17, 15) is 17.6 Å². The first-order valence-corrected chi connectivity index (χ1v) is 10.7. The Bertz CT molecular complexity index is 940. The third kappa shape index (κ3) is 4.88. The van der Waals surface area contributed by atoms with Crippen LogP contribution in [-0.4, -0.2) is 38.3 Å². The molecule has 8 heteroatoms. The fourth-order valence-electron chi connectivity index (χ4n) is 3.10. The second-order valence-corrected chi connectivity index (χ2v) is 8.79. The van der Waals surface area contributed by atoms with Crippen LogP contribution in [0.15, 0.2) is 47.4 Å². The summed E-state index contributed by atoms with van der Waals surface area (Å²) in [6, 6.07) is 10.5. The number of aryl methyl sites for hydroxylation is 1. The van der Waals surface area contributed by atoms with Gasteiger partial charge in [-0.2, -0.15) is 4.31 Å². The molecule has 1 aliphatic rings. The predicted octanol–water partition coefficient (Wildman–Crippen LogP) is 3.36. The van der Waals surface area contributed by atoms with Crippen LogP contribution in [0.25, 0.3) is 0 Å². The Morgan fingerprint density at radius 3 is 2.43 bits per heavy atom. The molecule has 0 aromatic heterocycles. The fraction of sp³-hybridized carbons (Fsp3) is 0.350. The van der Waals surface area contributed by atoms with E-state index in [1.807, 2.05) is 0 Å². The molecule has 2 aromatic rings. The maximum Gasteiger partial charge on any atom is 0.243 e. The zero-order valence-corrected chi connectivity index (χ0v) is 16.6. The van der Waals surface area contributed by atoms with Crippen molar-refractivity contribution in [1.29, 1.82) is 0 Å². The maximum absolute atomic E-state index is 12.9. The van der Waals surface area contributed by atoms with Gasteiger partial charge in [-0.3, -0.25) is 4.79 Å². The van der Waals surface area contributed by atoms with E-state index in [2.05, 4.69) is 10.6 Å². The van der Waals surface area contributed by atoms with Crippen molar-refractivity contribution in [2.24, 2.45) is 0 Å². The van der Waals surface area contributed by atoms with Gasteiger partial charge in [-0.25, -0.2) is 12.8 Å². The molecule has 0 spiro atoms. The van der Waals surface area contributed by atoms with E-state index in [1.165, 1.54) is 22.5 Å². The van der Waals surface area contributed by atoms with Gasteiger partial charge < -0.3 is 10.6 Å². The van der Waals surface area contributed by atoms with E-state index >= 15 is 0 Å². The number of hydrogen-bond donors (Lipinski definition) is 2. The molecule has 6 nitrogen and oxygen atoms in total. The van der Waals surface area contributed by atoms with Crippen LogP contribution in [0.5, 0.6) is 0 Å². The molecule has 0 radical (unpaired) electrons. The molecule has 1 amide bonds. The van der Waals surface area contributed by atoms with Crippen molar-refractivity contribution < 1.29 is 17.6 Å². The van der Waals surface area contributed by atoms with Crippen LogP contribution in [0.4, 0.5) is 15.8 Å². The average molecular weight is 405 g/mol. The predicted molar refractivity (Wildman–Crippen MR) is 107 cm³/mol. The summed E-state index contributed by atoms with van der Waals surface area (Å²) in [5.74, 6) is -0.669. The van der Waals surface area contributed by atoms with Gasteiger partial charge in [-0.1, -0.05) is 12.5 Å². The van der Waals surface area contributed by atoms with Gasteiger partial charge in [0.25, 0.3) is 0 Å². The van der Waals surface area contributed by atoms with Gasteiger partial charge in [-0.05, 0) is 61.7 Å². The number of rotatable bonds is 6. The highest BCUT2D eigenvalue weighted by molar-refractivity contribution is 7.89. The molecular weight excluding hydrogens is 381 g/mol. The molecule has 1 heterocycles. The second kappa shape index (κ2) is 8.70. The SMILES string of the molecule is Cc1ccc(S(=O)(=O)N2CCCCC2)cc1NC(=O)CNc1ccc(F)cc1. The summed E-state index contributed by atoms with van der Waals surface area (Å²) in [6.45, 7) is 2.84. The van der Waals surface area contributed by atoms with Gasteiger partial charge in [0, 0.05) is 24.5 Å². The summed E-state index contributed by atoms with van der Waals surface area (Å²) in [5, 5.41) is 5.65. The number of nitrogens with zero attached hydrogens (tertiary/aromatic N) is 1. The minimum Gasteiger partial charge on any atom is -0.376 e. The molecule has 1 saturated heterocycles. The highest BCUT2D eigenvalue weighted by atomic mass is 32.2. The van der Waals surface area contributed by atoms with E-state index < -0.39 is 10.0 Å². The van der Waals surface area contributed by atoms with Gasteiger partial charge in [-0.15, -0.1) is 0 Å². The molecule has 0 aliphatic carbocycles. The van der Waals surface area contributed by atoms with Crippen molar-refractivity contribution in [2.75, 3.05) is 30.3 Å². The molecular formula is C20H24FN3O3S. The largest absolute Gasteiger partial charge is 0.376 e. The first-order valence-electron chi connectivity index (χ1n) is 9.26. The van der Waals surface area contributed by atoms with Crippen LogP contribution < -0.4 is 10.6 Å². The third-order valence-corrected chi connectivity index (χ3v) is 6.63. The summed E-state index contributed by atoms with van der Waals surface area (Å²) in [4.78, 5) is 12.4. The molecule has 28 heavy (non-hydrogen) atoms. The highest BCUT2D eigenvalue weighted by Gasteiger charge is 2.26. The van der Waals surface area contributed by atoms with E-state index in [4.69, 9.17) is 0 Å². The number of halogens is 1. The quantitative estimate of drug-likeness (QED) is 0.773. The van der Waals surface area contributed by atoms with Gasteiger partial charge in [0.1, 0.15) is 5.82 Å². The number of benzene rings is 2. The molecule has 0 saturated carbocycles. The highest BCUT2D eigenvalue weighted by Crippen LogP contribution is 2.25. The summed E-state index contributed by atoms with van der Waals surface area (Å²) in [7, 11) is -3.57. The van der Waals surface area contributed by atoms with E-state index in [0.717, 1.165) is 24.8 Å². The Hall–Kier alpha value is -2.45. The van der Waals surface area contributed by atoms with Crippen molar-refractivity contribution in [1.82, 2.24) is 4.31 Å². The lowest BCUT2D eigenvalue weighted by atomic mass is 10.2. The summed E-state index contributed by atoms with van der Waals surface area (Å²) >= 11 is 0. The Labute approximate surface area is 164 Å².